The Morgan fingerprint density at radius 3 is 2.54 bits per heavy atom. The number of methoxy groups -OCH3 is 1. The van der Waals surface area contributed by atoms with E-state index in [-0.39, 0.29) is 18.4 Å². The standard InChI is InChI=1S/C18H28O10/c1-18(25)5-8(20)11-7(16(24)26-2)3-4-9(12(11)18)27-17-15(23)14(22)13(21)10(6-19)28-17/h3,8-15,17,19-23,25H,4-6H2,1-2H3. The number of aliphatic hydroxyl groups excluding tert-OH is 5. The summed E-state index contributed by atoms with van der Waals surface area (Å²) in [5.41, 5.74) is -1.11. The molecule has 0 aromatic heterocycles. The van der Waals surface area contributed by atoms with E-state index in [0.29, 0.717) is 0 Å². The van der Waals surface area contributed by atoms with Crippen LogP contribution in [-0.2, 0) is 19.0 Å². The number of carbonyl (C=O) groups excluding carboxylic acids is 1. The summed E-state index contributed by atoms with van der Waals surface area (Å²) in [5, 5.41) is 60.6. The Kier molecular flexibility index (Phi) is 6.14. The molecular weight excluding hydrogens is 376 g/mol. The van der Waals surface area contributed by atoms with Crippen molar-refractivity contribution in [2.45, 2.75) is 68.3 Å². The molecule has 1 saturated heterocycles. The van der Waals surface area contributed by atoms with Crippen LogP contribution in [0, 0.1) is 11.8 Å². The van der Waals surface area contributed by atoms with Gasteiger partial charge in [0.2, 0.25) is 0 Å². The van der Waals surface area contributed by atoms with Crippen LogP contribution in [0.25, 0.3) is 0 Å². The topological polar surface area (TPSA) is 166 Å². The molecule has 160 valence electrons. The molecule has 10 unspecified atom stereocenters. The first kappa shape index (κ1) is 21.6. The van der Waals surface area contributed by atoms with Gasteiger partial charge >= 0.3 is 5.97 Å². The minimum atomic E-state index is -1.59. The molecule has 0 bridgehead atoms. The normalized spacial score (nSPS) is 48.7. The second-order valence-electron chi connectivity index (χ2n) is 7.94. The lowest BCUT2D eigenvalue weighted by molar-refractivity contribution is -0.318. The lowest BCUT2D eigenvalue weighted by atomic mass is 9.73. The van der Waals surface area contributed by atoms with Gasteiger partial charge in [0.25, 0.3) is 0 Å². The molecule has 28 heavy (non-hydrogen) atoms. The van der Waals surface area contributed by atoms with E-state index in [0.717, 1.165) is 0 Å². The molecule has 0 aromatic rings. The molecule has 0 aromatic carbocycles. The van der Waals surface area contributed by atoms with Crippen LogP contribution in [0.4, 0.5) is 0 Å². The van der Waals surface area contributed by atoms with E-state index >= 15 is 0 Å². The maximum Gasteiger partial charge on any atom is 0.333 e. The van der Waals surface area contributed by atoms with Crippen LogP contribution in [0.1, 0.15) is 19.8 Å². The smallest absolute Gasteiger partial charge is 0.333 e. The summed E-state index contributed by atoms with van der Waals surface area (Å²) in [6.07, 6.45) is -7.19. The first-order valence-corrected chi connectivity index (χ1v) is 9.27. The summed E-state index contributed by atoms with van der Waals surface area (Å²) in [6, 6.07) is 0. The lowest BCUT2D eigenvalue weighted by Crippen LogP contribution is -2.60. The quantitative estimate of drug-likeness (QED) is 0.274. The van der Waals surface area contributed by atoms with Gasteiger partial charge in [0, 0.05) is 23.8 Å². The Balaban J connectivity index is 1.86. The monoisotopic (exact) mass is 404 g/mol. The molecule has 2 aliphatic carbocycles. The summed E-state index contributed by atoms with van der Waals surface area (Å²) in [6.45, 7) is 0.940. The molecule has 2 fully saturated rings. The maximum atomic E-state index is 12.1. The SMILES string of the molecule is COC(=O)C1=CCC(OC2OC(CO)C(O)C(O)C2O)C2C1C(O)CC2(C)O. The second kappa shape index (κ2) is 7.96. The van der Waals surface area contributed by atoms with Gasteiger partial charge in [0.05, 0.1) is 31.5 Å². The van der Waals surface area contributed by atoms with Gasteiger partial charge in [-0.1, -0.05) is 6.08 Å². The minimum Gasteiger partial charge on any atom is -0.466 e. The van der Waals surface area contributed by atoms with Crippen molar-refractivity contribution in [3.8, 4) is 0 Å². The minimum absolute atomic E-state index is 0.0191. The average molecular weight is 404 g/mol. The third-order valence-corrected chi connectivity index (χ3v) is 6.05. The number of hydrogen-bond donors (Lipinski definition) is 6. The zero-order valence-electron chi connectivity index (χ0n) is 15.7. The van der Waals surface area contributed by atoms with Crippen molar-refractivity contribution in [3.05, 3.63) is 11.6 Å². The Hall–Kier alpha value is -1.11. The zero-order chi connectivity index (χ0) is 20.8. The van der Waals surface area contributed by atoms with Gasteiger partial charge in [-0.05, 0) is 13.3 Å². The zero-order valence-corrected chi connectivity index (χ0v) is 15.7. The van der Waals surface area contributed by atoms with Gasteiger partial charge in [-0.3, -0.25) is 0 Å². The molecule has 0 spiro atoms. The number of esters is 1. The fourth-order valence-electron chi connectivity index (χ4n) is 4.70. The van der Waals surface area contributed by atoms with Gasteiger partial charge in [0.15, 0.2) is 6.29 Å². The fourth-order valence-corrected chi connectivity index (χ4v) is 4.70. The van der Waals surface area contributed by atoms with Crippen LogP contribution < -0.4 is 0 Å². The molecule has 1 saturated carbocycles. The summed E-state index contributed by atoms with van der Waals surface area (Å²) in [5.74, 6) is -2.03. The second-order valence-corrected chi connectivity index (χ2v) is 7.94. The highest BCUT2D eigenvalue weighted by atomic mass is 16.7. The number of aliphatic hydroxyl groups is 6. The van der Waals surface area contributed by atoms with Crippen molar-refractivity contribution >= 4 is 5.97 Å². The predicted molar refractivity (Wildman–Crippen MR) is 91.6 cm³/mol. The Bertz CT molecular complexity index is 617. The predicted octanol–water partition coefficient (Wildman–Crippen LogP) is -2.58. The molecule has 3 aliphatic rings. The van der Waals surface area contributed by atoms with Crippen LogP contribution in [0.15, 0.2) is 11.6 Å². The Labute approximate surface area is 162 Å². The molecule has 1 heterocycles. The molecule has 0 amide bonds. The summed E-state index contributed by atoms with van der Waals surface area (Å²) >= 11 is 0. The summed E-state index contributed by atoms with van der Waals surface area (Å²) in [7, 11) is 1.23. The number of rotatable bonds is 4. The average Bonchev–Trinajstić information content (AvgIpc) is 2.91. The van der Waals surface area contributed by atoms with E-state index in [1.54, 1.807) is 6.08 Å². The van der Waals surface area contributed by atoms with E-state index in [1.807, 2.05) is 0 Å². The molecule has 10 nitrogen and oxygen atoms in total. The van der Waals surface area contributed by atoms with Crippen LogP contribution >= 0.6 is 0 Å². The van der Waals surface area contributed by atoms with E-state index in [9.17, 15) is 35.4 Å². The van der Waals surface area contributed by atoms with E-state index in [4.69, 9.17) is 14.2 Å². The van der Waals surface area contributed by atoms with Gasteiger partial charge in [0.1, 0.15) is 24.4 Å². The summed E-state index contributed by atoms with van der Waals surface area (Å²) in [4.78, 5) is 12.1. The van der Waals surface area contributed by atoms with Crippen molar-refractivity contribution in [2.75, 3.05) is 13.7 Å². The molecule has 10 atom stereocenters. The van der Waals surface area contributed by atoms with Crippen LogP contribution in [0.3, 0.4) is 0 Å². The van der Waals surface area contributed by atoms with Crippen LogP contribution in [-0.4, -0.2) is 98.8 Å². The molecule has 1 aliphatic heterocycles. The van der Waals surface area contributed by atoms with Crippen molar-refractivity contribution in [1.82, 2.24) is 0 Å². The third kappa shape index (κ3) is 3.59. The highest BCUT2D eigenvalue weighted by molar-refractivity contribution is 5.89. The largest absolute Gasteiger partial charge is 0.466 e. The number of hydrogen-bond acceptors (Lipinski definition) is 10. The van der Waals surface area contributed by atoms with Gasteiger partial charge < -0.3 is 44.8 Å². The molecule has 3 rings (SSSR count). The summed E-state index contributed by atoms with van der Waals surface area (Å²) < 4.78 is 16.0. The van der Waals surface area contributed by atoms with Gasteiger partial charge in [-0.15, -0.1) is 0 Å². The van der Waals surface area contributed by atoms with E-state index in [2.05, 4.69) is 0 Å². The Morgan fingerprint density at radius 1 is 1.25 bits per heavy atom. The van der Waals surface area contributed by atoms with Crippen molar-refractivity contribution < 1.29 is 49.6 Å². The Morgan fingerprint density at radius 2 is 1.93 bits per heavy atom. The maximum absolute atomic E-state index is 12.1. The molecule has 0 radical (unpaired) electrons. The fraction of sp³-hybridized carbons (Fsp3) is 0.833. The van der Waals surface area contributed by atoms with E-state index < -0.39 is 72.9 Å². The van der Waals surface area contributed by atoms with Crippen molar-refractivity contribution in [3.63, 3.8) is 0 Å². The van der Waals surface area contributed by atoms with Crippen LogP contribution in [0.5, 0.6) is 0 Å². The molecule has 6 N–H and O–H groups in total. The number of fused-ring (bicyclic) bond motifs is 1. The van der Waals surface area contributed by atoms with E-state index in [1.165, 1.54) is 14.0 Å². The molecule has 10 heteroatoms. The third-order valence-electron chi connectivity index (χ3n) is 6.05. The number of carbonyl (C=O) groups is 1. The highest BCUT2D eigenvalue weighted by Gasteiger charge is 2.58. The van der Waals surface area contributed by atoms with Gasteiger partial charge in [-0.2, -0.15) is 0 Å². The highest BCUT2D eigenvalue weighted by Crippen LogP contribution is 2.50. The van der Waals surface area contributed by atoms with Crippen LogP contribution in [0.2, 0.25) is 0 Å². The molecular formula is C18H28O10. The van der Waals surface area contributed by atoms with Gasteiger partial charge in [-0.25, -0.2) is 4.79 Å². The first-order chi connectivity index (χ1) is 13.1. The first-order valence-electron chi connectivity index (χ1n) is 9.27. The van der Waals surface area contributed by atoms with Crippen molar-refractivity contribution in [1.29, 1.82) is 0 Å². The van der Waals surface area contributed by atoms with Crippen molar-refractivity contribution in [2.24, 2.45) is 11.8 Å². The lowest BCUT2D eigenvalue weighted by Gasteiger charge is -2.44. The number of ether oxygens (including phenoxy) is 3.